The highest BCUT2D eigenvalue weighted by atomic mass is 16.6. The summed E-state index contributed by atoms with van der Waals surface area (Å²) in [6.07, 6.45) is 0.861. The normalized spacial score (nSPS) is 24.3. The van der Waals surface area contributed by atoms with Gasteiger partial charge in [-0.1, -0.05) is 12.1 Å². The van der Waals surface area contributed by atoms with Crippen LogP contribution in [0.1, 0.15) is 41.0 Å². The van der Waals surface area contributed by atoms with Crippen molar-refractivity contribution < 1.29 is 14.3 Å². The van der Waals surface area contributed by atoms with Crippen LogP contribution < -0.4 is 0 Å². The van der Waals surface area contributed by atoms with Crippen LogP contribution in [0, 0.1) is 0 Å². The summed E-state index contributed by atoms with van der Waals surface area (Å²) in [4.78, 5) is 25.5. The van der Waals surface area contributed by atoms with E-state index in [0.29, 0.717) is 24.1 Å². The van der Waals surface area contributed by atoms with Gasteiger partial charge in [0, 0.05) is 6.54 Å². The van der Waals surface area contributed by atoms with E-state index in [2.05, 4.69) is 0 Å². The second kappa shape index (κ2) is 3.65. The first-order valence-electron chi connectivity index (χ1n) is 6.14. The molecule has 0 N–H and O–H groups in total. The van der Waals surface area contributed by atoms with Gasteiger partial charge in [0.25, 0.3) is 11.8 Å². The second-order valence-electron chi connectivity index (χ2n) is 5.31. The van der Waals surface area contributed by atoms with E-state index in [9.17, 15) is 9.59 Å². The molecule has 1 saturated heterocycles. The van der Waals surface area contributed by atoms with E-state index in [4.69, 9.17) is 4.74 Å². The smallest absolute Gasteiger partial charge is 0.261 e. The third kappa shape index (κ3) is 1.64. The maximum Gasteiger partial charge on any atom is 0.261 e. The Bertz CT molecular complexity index is 501. The molecule has 18 heavy (non-hydrogen) atoms. The molecule has 4 heteroatoms. The summed E-state index contributed by atoms with van der Waals surface area (Å²) in [5.41, 5.74) is 0.926. The number of hydrogen-bond donors (Lipinski definition) is 0. The summed E-state index contributed by atoms with van der Waals surface area (Å²) in [7, 11) is 0. The number of benzene rings is 1. The molecule has 0 saturated carbocycles. The Morgan fingerprint density at radius 3 is 2.11 bits per heavy atom. The molecule has 2 aliphatic rings. The zero-order valence-electron chi connectivity index (χ0n) is 10.5. The molecule has 3 rings (SSSR count). The zero-order valence-corrected chi connectivity index (χ0v) is 10.5. The topological polar surface area (TPSA) is 49.9 Å². The Balaban J connectivity index is 1.72. The van der Waals surface area contributed by atoms with E-state index in [0.717, 1.165) is 0 Å². The van der Waals surface area contributed by atoms with E-state index in [1.54, 1.807) is 24.3 Å². The zero-order chi connectivity index (χ0) is 12.9. The van der Waals surface area contributed by atoms with E-state index < -0.39 is 0 Å². The number of fused-ring (bicyclic) bond motifs is 1. The summed E-state index contributed by atoms with van der Waals surface area (Å²) in [6.45, 7) is 4.46. The van der Waals surface area contributed by atoms with Crippen molar-refractivity contribution in [2.75, 3.05) is 6.54 Å². The Hall–Kier alpha value is -1.68. The van der Waals surface area contributed by atoms with Gasteiger partial charge in [0.15, 0.2) is 0 Å². The minimum absolute atomic E-state index is 0.0985. The molecule has 94 valence electrons. The fraction of sp³-hybridized carbons (Fsp3) is 0.429. The molecule has 2 amide bonds. The predicted molar refractivity (Wildman–Crippen MR) is 65.4 cm³/mol. The molecule has 0 bridgehead atoms. The van der Waals surface area contributed by atoms with Crippen molar-refractivity contribution in [3.05, 3.63) is 35.4 Å². The molecule has 1 aromatic rings. The van der Waals surface area contributed by atoms with E-state index >= 15 is 0 Å². The maximum atomic E-state index is 12.1. The molecule has 2 heterocycles. The van der Waals surface area contributed by atoms with E-state index in [1.165, 1.54) is 4.90 Å². The molecule has 0 spiro atoms. The second-order valence-corrected chi connectivity index (χ2v) is 5.31. The molecule has 0 aliphatic carbocycles. The fourth-order valence-corrected chi connectivity index (χ4v) is 2.43. The van der Waals surface area contributed by atoms with Gasteiger partial charge < -0.3 is 4.74 Å². The lowest BCUT2D eigenvalue weighted by Gasteiger charge is -2.12. The average Bonchev–Trinajstić information content (AvgIpc) is 2.88. The Morgan fingerprint density at radius 2 is 1.67 bits per heavy atom. The van der Waals surface area contributed by atoms with Gasteiger partial charge in [-0.05, 0) is 32.4 Å². The third-order valence-corrected chi connectivity index (χ3v) is 3.66. The van der Waals surface area contributed by atoms with Gasteiger partial charge >= 0.3 is 0 Å². The van der Waals surface area contributed by atoms with Crippen molar-refractivity contribution in [2.24, 2.45) is 0 Å². The van der Waals surface area contributed by atoms with Crippen molar-refractivity contribution in [3.8, 4) is 0 Å². The van der Waals surface area contributed by atoms with Gasteiger partial charge in [-0.25, -0.2) is 0 Å². The number of carbonyl (C=O) groups excluding carboxylic acids is 2. The highest BCUT2D eigenvalue weighted by molar-refractivity contribution is 6.21. The summed E-state index contributed by atoms with van der Waals surface area (Å²) in [6, 6.07) is 6.96. The van der Waals surface area contributed by atoms with Gasteiger partial charge in [-0.15, -0.1) is 0 Å². The summed E-state index contributed by atoms with van der Waals surface area (Å²) < 4.78 is 5.46. The van der Waals surface area contributed by atoms with Gasteiger partial charge in [-0.2, -0.15) is 0 Å². The van der Waals surface area contributed by atoms with Crippen LogP contribution in [0.4, 0.5) is 0 Å². The quantitative estimate of drug-likeness (QED) is 0.603. The lowest BCUT2D eigenvalue weighted by Crippen LogP contribution is -2.31. The van der Waals surface area contributed by atoms with Crippen molar-refractivity contribution in [3.63, 3.8) is 0 Å². The monoisotopic (exact) mass is 245 g/mol. The van der Waals surface area contributed by atoms with Crippen molar-refractivity contribution in [1.29, 1.82) is 0 Å². The molecule has 2 aliphatic heterocycles. The highest BCUT2D eigenvalue weighted by Crippen LogP contribution is 2.38. The molecule has 1 unspecified atom stereocenters. The molecular formula is C14H15NO3. The number of hydrogen-bond acceptors (Lipinski definition) is 3. The third-order valence-electron chi connectivity index (χ3n) is 3.66. The van der Waals surface area contributed by atoms with Crippen LogP contribution in [-0.2, 0) is 4.74 Å². The van der Waals surface area contributed by atoms with Crippen LogP contribution in [0.25, 0.3) is 0 Å². The number of imide groups is 1. The van der Waals surface area contributed by atoms with Crippen molar-refractivity contribution >= 4 is 11.8 Å². The van der Waals surface area contributed by atoms with Crippen molar-refractivity contribution in [1.82, 2.24) is 4.90 Å². The molecule has 0 radical (unpaired) electrons. The number of ether oxygens (including phenoxy) is 1. The Morgan fingerprint density at radius 1 is 1.17 bits per heavy atom. The Kier molecular flexibility index (Phi) is 2.32. The summed E-state index contributed by atoms with van der Waals surface area (Å²) in [5.74, 6) is -0.372. The minimum atomic E-state index is -0.186. The first kappa shape index (κ1) is 11.4. The summed E-state index contributed by atoms with van der Waals surface area (Å²) >= 11 is 0. The van der Waals surface area contributed by atoms with E-state index in [1.807, 2.05) is 13.8 Å². The molecule has 1 aromatic carbocycles. The predicted octanol–water partition coefficient (Wildman–Crippen LogP) is 1.85. The standard InChI is InChI=1S/C14H15NO3/c1-14(2)11(18-14)7-8-15-12(16)9-5-3-4-6-10(9)13(15)17/h3-6,11H,7-8H2,1-2H3. The molecule has 4 nitrogen and oxygen atoms in total. The largest absolute Gasteiger partial charge is 0.367 e. The number of nitrogens with zero attached hydrogens (tertiary/aromatic N) is 1. The van der Waals surface area contributed by atoms with Crippen LogP contribution in [0.5, 0.6) is 0 Å². The molecule has 1 atom stereocenters. The first-order valence-corrected chi connectivity index (χ1v) is 6.14. The van der Waals surface area contributed by atoms with Crippen LogP contribution in [0.15, 0.2) is 24.3 Å². The summed E-state index contributed by atoms with van der Waals surface area (Å²) in [5, 5.41) is 0. The average molecular weight is 245 g/mol. The van der Waals surface area contributed by atoms with Gasteiger partial charge in [0.2, 0.25) is 0 Å². The molecule has 0 aromatic heterocycles. The Labute approximate surface area is 106 Å². The SMILES string of the molecule is CC1(C)OC1CCN1C(=O)c2ccccc2C1=O. The van der Waals surface area contributed by atoms with Crippen LogP contribution in [0.2, 0.25) is 0 Å². The molecular weight excluding hydrogens is 230 g/mol. The number of carbonyl (C=O) groups is 2. The number of rotatable bonds is 3. The van der Waals surface area contributed by atoms with Gasteiger partial charge in [-0.3, -0.25) is 14.5 Å². The number of epoxide rings is 1. The van der Waals surface area contributed by atoms with Crippen molar-refractivity contribution in [2.45, 2.75) is 32.0 Å². The fourth-order valence-electron chi connectivity index (χ4n) is 2.43. The van der Waals surface area contributed by atoms with Crippen LogP contribution >= 0.6 is 0 Å². The minimum Gasteiger partial charge on any atom is -0.367 e. The molecule has 1 fully saturated rings. The van der Waals surface area contributed by atoms with Crippen LogP contribution in [-0.4, -0.2) is 35.0 Å². The highest BCUT2D eigenvalue weighted by Gasteiger charge is 2.48. The van der Waals surface area contributed by atoms with Gasteiger partial charge in [0.05, 0.1) is 22.8 Å². The maximum absolute atomic E-state index is 12.1. The van der Waals surface area contributed by atoms with Gasteiger partial charge in [0.1, 0.15) is 0 Å². The lowest BCUT2D eigenvalue weighted by molar-refractivity contribution is 0.0649. The lowest BCUT2D eigenvalue weighted by atomic mass is 10.1. The number of amides is 2. The first-order chi connectivity index (χ1) is 8.50. The van der Waals surface area contributed by atoms with E-state index in [-0.39, 0.29) is 23.5 Å². The van der Waals surface area contributed by atoms with Crippen LogP contribution in [0.3, 0.4) is 0 Å².